The number of nitrogens with two attached hydrogens (primary N) is 1. The van der Waals surface area contributed by atoms with Crippen LogP contribution in [0.1, 0.15) is 10.4 Å². The van der Waals surface area contributed by atoms with E-state index in [1.165, 1.54) is 7.11 Å². The molecule has 8 heteroatoms. The van der Waals surface area contributed by atoms with E-state index in [4.69, 9.17) is 10.5 Å². The molecule has 1 amide bonds. The highest BCUT2D eigenvalue weighted by Gasteiger charge is 2.20. The molecule has 1 aromatic rings. The zero-order chi connectivity index (χ0) is 12.3. The van der Waals surface area contributed by atoms with Gasteiger partial charge < -0.3 is 10.5 Å². The summed E-state index contributed by atoms with van der Waals surface area (Å²) in [7, 11) is 1.23. The molecule has 0 aliphatic rings. The molecule has 0 saturated carbocycles. The number of methoxy groups -OCH3 is 1. The number of benzene rings is 1. The van der Waals surface area contributed by atoms with Crippen LogP contribution in [0, 0.1) is 15.0 Å². The second-order valence-corrected chi connectivity index (χ2v) is 2.76. The van der Waals surface area contributed by atoms with Gasteiger partial charge in [0, 0.05) is 11.2 Å². The van der Waals surface area contributed by atoms with Gasteiger partial charge in [-0.05, 0) is 6.07 Å². The minimum Gasteiger partial charge on any atom is -0.494 e. The lowest BCUT2D eigenvalue weighted by Crippen LogP contribution is -2.03. The molecular formula is C8H7N3O5. The Kier molecular flexibility index (Phi) is 3.14. The van der Waals surface area contributed by atoms with Crippen molar-refractivity contribution in [1.82, 2.24) is 0 Å². The van der Waals surface area contributed by atoms with E-state index in [1.807, 2.05) is 0 Å². The van der Waals surface area contributed by atoms with Gasteiger partial charge in [0.15, 0.2) is 5.69 Å². The van der Waals surface area contributed by atoms with E-state index in [-0.39, 0.29) is 17.0 Å². The number of nitrogen functional groups attached to an aromatic ring is 1. The minimum absolute atomic E-state index is 0.0544. The SMILES string of the molecule is COc1cc(C(=O)N=O)cc([N+](=O)[O-])c1N. The molecule has 1 rings (SSSR count). The van der Waals surface area contributed by atoms with Crippen molar-refractivity contribution in [1.29, 1.82) is 0 Å². The van der Waals surface area contributed by atoms with Crippen molar-refractivity contribution in [2.75, 3.05) is 12.8 Å². The first-order valence-electron chi connectivity index (χ1n) is 4.00. The number of ether oxygens (including phenoxy) is 1. The van der Waals surface area contributed by atoms with E-state index in [0.717, 1.165) is 12.1 Å². The topological polar surface area (TPSA) is 125 Å². The molecule has 8 nitrogen and oxygen atoms in total. The third-order valence-electron chi connectivity index (χ3n) is 1.87. The van der Waals surface area contributed by atoms with Crippen molar-refractivity contribution in [2.45, 2.75) is 0 Å². The number of nitro benzene ring substituents is 1. The Morgan fingerprint density at radius 2 is 2.19 bits per heavy atom. The van der Waals surface area contributed by atoms with E-state index in [2.05, 4.69) is 5.18 Å². The van der Waals surface area contributed by atoms with Crippen LogP contribution in [0.3, 0.4) is 0 Å². The average Bonchev–Trinajstić information content (AvgIpc) is 2.27. The van der Waals surface area contributed by atoms with Crippen LogP contribution in [0.15, 0.2) is 17.3 Å². The number of rotatable bonds is 3. The van der Waals surface area contributed by atoms with Crippen molar-refractivity contribution >= 4 is 17.3 Å². The molecule has 0 saturated heterocycles. The number of amides is 1. The van der Waals surface area contributed by atoms with Crippen LogP contribution in [-0.4, -0.2) is 17.9 Å². The van der Waals surface area contributed by atoms with Crippen LogP contribution in [-0.2, 0) is 0 Å². The second-order valence-electron chi connectivity index (χ2n) is 2.76. The van der Waals surface area contributed by atoms with Crippen molar-refractivity contribution in [3.63, 3.8) is 0 Å². The number of nitrogens with zero attached hydrogens (tertiary/aromatic N) is 2. The molecule has 0 atom stereocenters. The molecule has 1 aromatic carbocycles. The van der Waals surface area contributed by atoms with Gasteiger partial charge in [0.05, 0.1) is 17.6 Å². The Labute approximate surface area is 89.1 Å². The van der Waals surface area contributed by atoms with Crippen molar-refractivity contribution < 1.29 is 14.5 Å². The summed E-state index contributed by atoms with van der Waals surface area (Å²) in [6, 6.07) is 1.99. The summed E-state index contributed by atoms with van der Waals surface area (Å²) < 4.78 is 4.75. The molecular weight excluding hydrogens is 218 g/mol. The number of hydrogen-bond donors (Lipinski definition) is 1. The monoisotopic (exact) mass is 225 g/mol. The summed E-state index contributed by atoms with van der Waals surface area (Å²) in [6.45, 7) is 0. The van der Waals surface area contributed by atoms with Crippen molar-refractivity contribution in [2.24, 2.45) is 5.18 Å². The van der Waals surface area contributed by atoms with Crippen LogP contribution >= 0.6 is 0 Å². The largest absolute Gasteiger partial charge is 0.494 e. The second kappa shape index (κ2) is 4.34. The summed E-state index contributed by atoms with van der Waals surface area (Å²) in [5.74, 6) is -1.18. The van der Waals surface area contributed by atoms with Gasteiger partial charge in [-0.2, -0.15) is 0 Å². The fourth-order valence-corrected chi connectivity index (χ4v) is 1.11. The lowest BCUT2D eigenvalue weighted by atomic mass is 10.1. The summed E-state index contributed by atoms with van der Waals surface area (Å²) in [5.41, 5.74) is 4.45. The molecule has 16 heavy (non-hydrogen) atoms. The number of anilines is 1. The number of nitroso groups, excluding NO2 is 1. The lowest BCUT2D eigenvalue weighted by molar-refractivity contribution is -0.384. The normalized spacial score (nSPS) is 9.56. The van der Waals surface area contributed by atoms with Gasteiger partial charge in [0.2, 0.25) is 0 Å². The molecule has 0 bridgehead atoms. The van der Waals surface area contributed by atoms with Gasteiger partial charge in [-0.3, -0.25) is 14.9 Å². The zero-order valence-electron chi connectivity index (χ0n) is 8.17. The molecule has 0 fully saturated rings. The lowest BCUT2D eigenvalue weighted by Gasteiger charge is -2.05. The van der Waals surface area contributed by atoms with Crippen LogP contribution in [0.2, 0.25) is 0 Å². The predicted molar refractivity (Wildman–Crippen MR) is 54.2 cm³/mol. The number of carbonyl (C=O) groups is 1. The Balaban J connectivity index is 3.45. The Hall–Kier alpha value is -2.51. The third-order valence-corrected chi connectivity index (χ3v) is 1.87. The van der Waals surface area contributed by atoms with Gasteiger partial charge in [-0.1, -0.05) is 0 Å². The van der Waals surface area contributed by atoms with Crippen molar-refractivity contribution in [3.05, 3.63) is 32.7 Å². The van der Waals surface area contributed by atoms with Gasteiger partial charge >= 0.3 is 5.91 Å². The van der Waals surface area contributed by atoms with Gasteiger partial charge in [0.1, 0.15) is 5.75 Å². The number of carbonyl (C=O) groups excluding carboxylic acids is 1. The molecule has 84 valence electrons. The number of nitro groups is 1. The molecule has 0 heterocycles. The Bertz CT molecular complexity index is 471. The standard InChI is InChI=1S/C8H7N3O5/c1-16-6-3-4(8(12)10-13)2-5(7(6)9)11(14)15/h2-3H,9H2,1H3. The number of hydrogen-bond acceptors (Lipinski definition) is 6. The van der Waals surface area contributed by atoms with Crippen LogP contribution in [0.5, 0.6) is 5.75 Å². The predicted octanol–water partition coefficient (Wildman–Crippen LogP) is 1.09. The summed E-state index contributed by atoms with van der Waals surface area (Å²) in [6.07, 6.45) is 0. The van der Waals surface area contributed by atoms with Crippen LogP contribution in [0.25, 0.3) is 0 Å². The third kappa shape index (κ3) is 1.95. The molecule has 0 aliphatic carbocycles. The summed E-state index contributed by atoms with van der Waals surface area (Å²) in [4.78, 5) is 30.8. The van der Waals surface area contributed by atoms with E-state index in [9.17, 15) is 19.8 Å². The fourth-order valence-electron chi connectivity index (χ4n) is 1.11. The molecule has 0 unspecified atom stereocenters. The molecule has 0 aromatic heterocycles. The maximum absolute atomic E-state index is 11.0. The van der Waals surface area contributed by atoms with Crippen LogP contribution in [0.4, 0.5) is 11.4 Å². The van der Waals surface area contributed by atoms with E-state index in [0.29, 0.717) is 0 Å². The fraction of sp³-hybridized carbons (Fsp3) is 0.125. The first kappa shape index (κ1) is 11.6. The van der Waals surface area contributed by atoms with E-state index in [1.54, 1.807) is 0 Å². The summed E-state index contributed by atoms with van der Waals surface area (Å²) >= 11 is 0. The van der Waals surface area contributed by atoms with Gasteiger partial charge in [0.25, 0.3) is 5.69 Å². The molecule has 0 aliphatic heterocycles. The first-order chi connectivity index (χ1) is 7.51. The smallest absolute Gasteiger partial charge is 0.317 e. The van der Waals surface area contributed by atoms with E-state index < -0.39 is 16.5 Å². The van der Waals surface area contributed by atoms with E-state index >= 15 is 0 Å². The molecule has 0 radical (unpaired) electrons. The zero-order valence-corrected chi connectivity index (χ0v) is 8.17. The highest BCUT2D eigenvalue weighted by Crippen LogP contribution is 2.33. The van der Waals surface area contributed by atoms with Crippen LogP contribution < -0.4 is 10.5 Å². The maximum atomic E-state index is 11.0. The highest BCUT2D eigenvalue weighted by molar-refractivity contribution is 5.97. The van der Waals surface area contributed by atoms with Gasteiger partial charge in [-0.25, -0.2) is 0 Å². The highest BCUT2D eigenvalue weighted by atomic mass is 16.6. The first-order valence-corrected chi connectivity index (χ1v) is 4.00. The summed E-state index contributed by atoms with van der Waals surface area (Å²) in [5, 5.41) is 12.8. The Morgan fingerprint density at radius 1 is 1.56 bits per heavy atom. The molecule has 2 N–H and O–H groups in total. The quantitative estimate of drug-likeness (QED) is 0.355. The molecule has 0 spiro atoms. The maximum Gasteiger partial charge on any atom is 0.317 e. The van der Waals surface area contributed by atoms with Gasteiger partial charge in [-0.15, -0.1) is 4.91 Å². The van der Waals surface area contributed by atoms with Crippen molar-refractivity contribution in [3.8, 4) is 5.75 Å². The Morgan fingerprint density at radius 3 is 2.62 bits per heavy atom. The minimum atomic E-state index is -1.12. The average molecular weight is 225 g/mol.